The van der Waals surface area contributed by atoms with Gasteiger partial charge in [0.05, 0.1) is 9.26 Å². The molecule has 0 aliphatic heterocycles. The van der Waals surface area contributed by atoms with Gasteiger partial charge in [0.1, 0.15) is 11.3 Å². The van der Waals surface area contributed by atoms with Gasteiger partial charge in [0, 0.05) is 12.7 Å². The molecule has 3 nitrogen and oxygen atoms in total. The Labute approximate surface area is 137 Å². The quantitative estimate of drug-likeness (QED) is 0.527. The average Bonchev–Trinajstić information content (AvgIpc) is 2.48. The lowest BCUT2D eigenvalue weighted by Crippen LogP contribution is -2.09. The van der Waals surface area contributed by atoms with Crippen LogP contribution in [-0.2, 0) is 4.74 Å². The first-order chi connectivity index (χ1) is 9.67. The van der Waals surface area contributed by atoms with Crippen LogP contribution in [0.1, 0.15) is 31.7 Å². The van der Waals surface area contributed by atoms with Gasteiger partial charge in [-0.1, -0.05) is 55.3 Å². The van der Waals surface area contributed by atoms with Crippen LogP contribution in [0.5, 0.6) is 0 Å². The van der Waals surface area contributed by atoms with Gasteiger partial charge in [0.25, 0.3) is 0 Å². The first-order valence-corrected chi connectivity index (χ1v) is 7.94. The van der Waals surface area contributed by atoms with Crippen LogP contribution in [0.4, 0.5) is 0 Å². The van der Waals surface area contributed by atoms with Crippen LogP contribution in [-0.4, -0.2) is 17.1 Å². The zero-order valence-corrected chi connectivity index (χ0v) is 14.4. The molecule has 2 rings (SSSR count). The molecule has 20 heavy (non-hydrogen) atoms. The van der Waals surface area contributed by atoms with Gasteiger partial charge in [-0.2, -0.15) is 0 Å². The molecule has 0 radical (unpaired) electrons. The highest BCUT2D eigenvalue weighted by molar-refractivity contribution is 14.1. The molecule has 0 aliphatic rings. The minimum Gasteiger partial charge on any atom is -0.373 e. The number of hydrogen-bond acceptors (Lipinski definition) is 3. The number of nitrogens with zero attached hydrogens (tertiary/aromatic N) is 2. The van der Waals surface area contributed by atoms with Gasteiger partial charge in [0.2, 0.25) is 0 Å². The van der Waals surface area contributed by atoms with Gasteiger partial charge in [-0.3, -0.25) is 0 Å². The van der Waals surface area contributed by atoms with E-state index in [2.05, 4.69) is 39.5 Å². The van der Waals surface area contributed by atoms with Crippen LogP contribution in [0.25, 0.3) is 11.3 Å². The fourth-order valence-electron chi connectivity index (χ4n) is 1.98. The van der Waals surface area contributed by atoms with Gasteiger partial charge in [-0.25, -0.2) is 9.97 Å². The Morgan fingerprint density at radius 2 is 1.95 bits per heavy atom. The van der Waals surface area contributed by atoms with Gasteiger partial charge in [0.15, 0.2) is 5.82 Å². The van der Waals surface area contributed by atoms with E-state index in [1.807, 2.05) is 30.3 Å². The number of benzene rings is 1. The summed E-state index contributed by atoms with van der Waals surface area (Å²) < 4.78 is 6.34. The Morgan fingerprint density at radius 3 is 2.55 bits per heavy atom. The lowest BCUT2D eigenvalue weighted by molar-refractivity contribution is 0.0877. The minimum absolute atomic E-state index is 0.114. The SMILES string of the molecule is CCCC(OC)c1nc(Cl)c(I)c(-c2ccccc2)n1. The molecule has 0 spiro atoms. The lowest BCUT2D eigenvalue weighted by atomic mass is 10.1. The van der Waals surface area contributed by atoms with E-state index in [9.17, 15) is 0 Å². The first kappa shape index (κ1) is 15.7. The van der Waals surface area contributed by atoms with Crippen molar-refractivity contribution < 1.29 is 4.74 Å². The third kappa shape index (κ3) is 3.48. The number of rotatable bonds is 5. The topological polar surface area (TPSA) is 35.0 Å². The standard InChI is InChI=1S/C15H16ClIN2O/c1-3-7-11(20-2)15-18-13(12(17)14(16)19-15)10-8-5-4-6-9-10/h4-6,8-9,11H,3,7H2,1-2H3. The van der Waals surface area contributed by atoms with Crippen molar-refractivity contribution in [1.82, 2.24) is 9.97 Å². The fourth-order valence-corrected chi connectivity index (χ4v) is 2.71. The maximum absolute atomic E-state index is 6.26. The molecule has 0 N–H and O–H groups in total. The Kier molecular flexibility index (Phi) is 5.74. The summed E-state index contributed by atoms with van der Waals surface area (Å²) in [6, 6.07) is 10.00. The normalized spacial score (nSPS) is 12.4. The fraction of sp³-hybridized carbons (Fsp3) is 0.333. The summed E-state index contributed by atoms with van der Waals surface area (Å²) in [5.74, 6) is 0.651. The molecule has 1 unspecified atom stereocenters. The van der Waals surface area contributed by atoms with Crippen LogP contribution < -0.4 is 0 Å². The molecule has 1 atom stereocenters. The van der Waals surface area contributed by atoms with Gasteiger partial charge in [-0.15, -0.1) is 0 Å². The van der Waals surface area contributed by atoms with E-state index < -0.39 is 0 Å². The van der Waals surface area contributed by atoms with E-state index in [4.69, 9.17) is 16.3 Å². The van der Waals surface area contributed by atoms with E-state index >= 15 is 0 Å². The minimum atomic E-state index is -0.114. The Bertz CT molecular complexity index is 578. The molecule has 1 heterocycles. The molecule has 1 aromatic carbocycles. The molecule has 0 saturated carbocycles. The van der Waals surface area contributed by atoms with E-state index in [1.54, 1.807) is 7.11 Å². The van der Waals surface area contributed by atoms with E-state index in [0.29, 0.717) is 11.0 Å². The second kappa shape index (κ2) is 7.33. The number of methoxy groups -OCH3 is 1. The zero-order chi connectivity index (χ0) is 14.5. The summed E-state index contributed by atoms with van der Waals surface area (Å²) in [5, 5.41) is 0.479. The Morgan fingerprint density at radius 1 is 1.25 bits per heavy atom. The molecule has 5 heteroatoms. The third-order valence-corrected chi connectivity index (χ3v) is 4.61. The summed E-state index contributed by atoms with van der Waals surface area (Å²) in [4.78, 5) is 9.04. The smallest absolute Gasteiger partial charge is 0.159 e. The summed E-state index contributed by atoms with van der Waals surface area (Å²) >= 11 is 8.44. The average molecular weight is 403 g/mol. The Hall–Kier alpha value is -0.720. The highest BCUT2D eigenvalue weighted by atomic mass is 127. The summed E-state index contributed by atoms with van der Waals surface area (Å²) in [6.07, 6.45) is 1.77. The van der Waals surface area contributed by atoms with Gasteiger partial charge >= 0.3 is 0 Å². The van der Waals surface area contributed by atoms with Crippen LogP contribution in [0.2, 0.25) is 5.15 Å². The first-order valence-electron chi connectivity index (χ1n) is 6.48. The van der Waals surface area contributed by atoms with Gasteiger partial charge in [-0.05, 0) is 29.0 Å². The lowest BCUT2D eigenvalue weighted by Gasteiger charge is -2.15. The van der Waals surface area contributed by atoms with E-state index in [1.165, 1.54) is 0 Å². The molecule has 2 aromatic rings. The highest BCUT2D eigenvalue weighted by Crippen LogP contribution is 2.30. The van der Waals surface area contributed by atoms with Crippen molar-refractivity contribution in [1.29, 1.82) is 0 Å². The van der Waals surface area contributed by atoms with Crippen molar-refractivity contribution >= 4 is 34.2 Å². The van der Waals surface area contributed by atoms with Crippen molar-refractivity contribution in [2.45, 2.75) is 25.9 Å². The molecule has 0 saturated heterocycles. The summed E-state index contributed by atoms with van der Waals surface area (Å²) in [6.45, 7) is 2.11. The zero-order valence-electron chi connectivity index (χ0n) is 11.4. The molecule has 106 valence electrons. The maximum Gasteiger partial charge on any atom is 0.159 e. The summed E-state index contributed by atoms with van der Waals surface area (Å²) in [5.41, 5.74) is 1.90. The number of ether oxygens (including phenoxy) is 1. The third-order valence-electron chi connectivity index (χ3n) is 3.00. The second-order valence-corrected chi connectivity index (χ2v) is 5.85. The highest BCUT2D eigenvalue weighted by Gasteiger charge is 2.18. The van der Waals surface area contributed by atoms with Gasteiger partial charge < -0.3 is 4.74 Å². The van der Waals surface area contributed by atoms with Crippen molar-refractivity contribution in [3.8, 4) is 11.3 Å². The molecule has 0 bridgehead atoms. The van der Waals surface area contributed by atoms with Crippen LogP contribution in [0.3, 0.4) is 0 Å². The van der Waals surface area contributed by atoms with Crippen molar-refractivity contribution in [2.75, 3.05) is 7.11 Å². The van der Waals surface area contributed by atoms with Crippen molar-refractivity contribution in [3.05, 3.63) is 44.9 Å². The molecule has 0 aliphatic carbocycles. The van der Waals surface area contributed by atoms with Crippen molar-refractivity contribution in [2.24, 2.45) is 0 Å². The number of aromatic nitrogens is 2. The largest absolute Gasteiger partial charge is 0.373 e. The van der Waals surface area contributed by atoms with Crippen LogP contribution >= 0.6 is 34.2 Å². The van der Waals surface area contributed by atoms with Crippen LogP contribution in [0, 0.1) is 3.57 Å². The maximum atomic E-state index is 6.26. The number of halogens is 2. The summed E-state index contributed by atoms with van der Waals surface area (Å²) in [7, 11) is 1.68. The monoisotopic (exact) mass is 402 g/mol. The molecule has 1 aromatic heterocycles. The predicted octanol–water partition coefficient (Wildman–Crippen LogP) is 4.89. The second-order valence-electron chi connectivity index (χ2n) is 4.41. The Balaban J connectivity index is 2.50. The van der Waals surface area contributed by atoms with Crippen LogP contribution in [0.15, 0.2) is 30.3 Å². The molecular formula is C15H16ClIN2O. The number of hydrogen-bond donors (Lipinski definition) is 0. The van der Waals surface area contributed by atoms with Crippen molar-refractivity contribution in [3.63, 3.8) is 0 Å². The molecular weight excluding hydrogens is 387 g/mol. The van der Waals surface area contributed by atoms with E-state index in [0.717, 1.165) is 27.7 Å². The molecule has 0 amide bonds. The predicted molar refractivity (Wildman–Crippen MR) is 89.9 cm³/mol. The van der Waals surface area contributed by atoms with E-state index in [-0.39, 0.29) is 6.10 Å². The molecule has 0 fully saturated rings.